The van der Waals surface area contributed by atoms with E-state index in [4.69, 9.17) is 4.11 Å². The largest absolute Gasteiger partial charge is 0.271 e. The van der Waals surface area contributed by atoms with Crippen LogP contribution in [-0.4, -0.2) is 19.1 Å². The smallest absolute Gasteiger partial charge is 0.264 e. The van der Waals surface area contributed by atoms with Crippen molar-refractivity contribution in [2.24, 2.45) is 14.0 Å². The van der Waals surface area contributed by atoms with Gasteiger partial charge in [0.15, 0.2) is 0 Å². The number of hydrogen-bond donors (Lipinski definition) is 0. The van der Waals surface area contributed by atoms with Gasteiger partial charge in [-0.15, -0.1) is 0 Å². The van der Waals surface area contributed by atoms with E-state index in [0.29, 0.717) is 23.4 Å². The first-order chi connectivity index (χ1) is 11.5. The van der Waals surface area contributed by atoms with Crippen LogP contribution in [0.3, 0.4) is 0 Å². The van der Waals surface area contributed by atoms with Crippen molar-refractivity contribution in [1.82, 2.24) is 19.1 Å². The van der Waals surface area contributed by atoms with Crippen LogP contribution in [0, 0.1) is 0 Å². The van der Waals surface area contributed by atoms with Crippen LogP contribution in [0.5, 0.6) is 0 Å². The molecule has 21 heavy (non-hydrogen) atoms. The van der Waals surface area contributed by atoms with Gasteiger partial charge in [-0.25, -0.2) is 9.55 Å². The molecule has 1 aliphatic heterocycles. The average Bonchev–Trinajstić information content (AvgIpc) is 3.15. The topological polar surface area (TPSA) is 39.5 Å². The van der Waals surface area contributed by atoms with Crippen molar-refractivity contribution >= 4 is 22.2 Å². The van der Waals surface area contributed by atoms with Gasteiger partial charge >= 0.3 is 0 Å². The van der Waals surface area contributed by atoms with Crippen molar-refractivity contribution in [3.63, 3.8) is 0 Å². The fourth-order valence-corrected chi connectivity index (χ4v) is 3.43. The molecule has 5 nitrogen and oxygen atoms in total. The van der Waals surface area contributed by atoms with Gasteiger partial charge < -0.3 is 0 Å². The number of fused-ring (bicyclic) bond motifs is 7. The predicted molar refractivity (Wildman–Crippen MR) is 79.7 cm³/mol. The summed E-state index contributed by atoms with van der Waals surface area (Å²) in [5, 5.41) is 0. The zero-order chi connectivity index (χ0) is 16.6. The molecule has 0 saturated heterocycles. The lowest BCUT2D eigenvalue weighted by Crippen LogP contribution is -2.33. The maximum atomic E-state index is 8.10. The molecule has 5 heterocycles. The summed E-state index contributed by atoms with van der Waals surface area (Å²) in [7, 11) is 1.95. The molecular formula is C16H14N5+. The highest BCUT2D eigenvalue weighted by atomic mass is 15.2. The van der Waals surface area contributed by atoms with Gasteiger partial charge in [0.2, 0.25) is 11.3 Å². The number of rotatable bonds is 0. The van der Waals surface area contributed by atoms with E-state index in [9.17, 15) is 0 Å². The molecule has 0 bridgehead atoms. The van der Waals surface area contributed by atoms with E-state index in [-0.39, 0.29) is 0 Å². The highest BCUT2D eigenvalue weighted by molar-refractivity contribution is 6.02. The molecule has 0 amide bonds. The summed E-state index contributed by atoms with van der Waals surface area (Å²) in [5.74, 6) is 0.695. The number of imidazole rings is 1. The van der Waals surface area contributed by atoms with Gasteiger partial charge in [-0.1, -0.05) is 0 Å². The van der Waals surface area contributed by atoms with Crippen LogP contribution >= 0.6 is 0 Å². The van der Waals surface area contributed by atoms with E-state index in [1.54, 1.807) is 18.6 Å². The van der Waals surface area contributed by atoms with Crippen LogP contribution in [0.1, 0.15) is 9.68 Å². The zero-order valence-corrected chi connectivity index (χ0v) is 11.4. The molecule has 0 aromatic carbocycles. The third-order valence-corrected chi connectivity index (χ3v) is 4.32. The number of pyridine rings is 2. The standard InChI is InChI=1S/C16H14N5/c1-19-12-4-3-6-18-13(12)14-16(19)21-9-10-8-17-7-5-11(10)15(21)20(14)2/h3-8H,9H2,1-2H3/q+1/i2D3. The number of aromatic nitrogens is 5. The number of aryl methyl sites for hydroxylation is 2. The highest BCUT2D eigenvalue weighted by Crippen LogP contribution is 2.33. The second-order valence-corrected chi connectivity index (χ2v) is 5.38. The Hall–Kier alpha value is -2.69. The van der Waals surface area contributed by atoms with Crippen molar-refractivity contribution in [2.45, 2.75) is 6.54 Å². The molecule has 102 valence electrons. The Morgan fingerprint density at radius 3 is 3.14 bits per heavy atom. The van der Waals surface area contributed by atoms with E-state index in [2.05, 4.69) is 14.5 Å². The summed E-state index contributed by atoms with van der Waals surface area (Å²) in [4.78, 5) is 8.63. The molecule has 0 aliphatic carbocycles. The van der Waals surface area contributed by atoms with Crippen molar-refractivity contribution in [3.8, 4) is 11.4 Å². The molecule has 0 N–H and O–H groups in total. The summed E-state index contributed by atoms with van der Waals surface area (Å²) in [6.07, 6.45) is 5.21. The van der Waals surface area contributed by atoms with E-state index in [1.165, 1.54) is 4.57 Å². The summed E-state index contributed by atoms with van der Waals surface area (Å²) in [5.41, 5.74) is 5.11. The number of nitrogens with zero attached hydrogens (tertiary/aromatic N) is 5. The van der Waals surface area contributed by atoms with Crippen molar-refractivity contribution in [1.29, 1.82) is 0 Å². The Labute approximate surface area is 125 Å². The maximum Gasteiger partial charge on any atom is 0.271 e. The molecule has 0 unspecified atom stereocenters. The minimum absolute atomic E-state index is 0.613. The Bertz CT molecular complexity index is 1140. The minimum atomic E-state index is -2.30. The first-order valence-corrected chi connectivity index (χ1v) is 6.80. The first kappa shape index (κ1) is 8.56. The second kappa shape index (κ2) is 3.49. The lowest BCUT2D eigenvalue weighted by molar-refractivity contribution is -0.648. The van der Waals surface area contributed by atoms with Gasteiger partial charge in [0, 0.05) is 24.2 Å². The number of hydrogen-bond acceptors (Lipinski definition) is 2. The maximum absolute atomic E-state index is 8.10. The molecule has 4 aromatic rings. The molecular weight excluding hydrogens is 262 g/mol. The van der Waals surface area contributed by atoms with E-state index >= 15 is 0 Å². The molecule has 1 aliphatic rings. The van der Waals surface area contributed by atoms with Crippen molar-refractivity contribution in [3.05, 3.63) is 42.4 Å². The molecule has 5 rings (SSSR count). The molecule has 0 atom stereocenters. The third kappa shape index (κ3) is 1.15. The summed E-state index contributed by atoms with van der Waals surface area (Å²) < 4.78 is 29.8. The van der Waals surface area contributed by atoms with E-state index in [0.717, 1.165) is 22.3 Å². The Morgan fingerprint density at radius 2 is 2.24 bits per heavy atom. The van der Waals surface area contributed by atoms with Gasteiger partial charge in [0.05, 0.1) is 30.2 Å². The van der Waals surface area contributed by atoms with Gasteiger partial charge in [-0.2, -0.15) is 0 Å². The minimum Gasteiger partial charge on any atom is -0.264 e. The SMILES string of the molecule is [2H]C([2H])([2H])n1c2[n+](c3c1c1ncccc1n3C)Cc1cnccc1-2. The molecule has 0 fully saturated rings. The summed E-state index contributed by atoms with van der Waals surface area (Å²) >= 11 is 0. The van der Waals surface area contributed by atoms with E-state index in [1.807, 2.05) is 29.8 Å². The van der Waals surface area contributed by atoms with Crippen LogP contribution in [-0.2, 0) is 20.6 Å². The third-order valence-electron chi connectivity index (χ3n) is 4.32. The normalized spacial score (nSPS) is 15.8. The molecule has 0 spiro atoms. The zero-order valence-electron chi connectivity index (χ0n) is 14.4. The lowest BCUT2D eigenvalue weighted by Gasteiger charge is -1.97. The molecule has 0 radical (unpaired) electrons. The Balaban J connectivity index is 2.05. The molecule has 4 aromatic heterocycles. The molecule has 0 saturated carbocycles. The van der Waals surface area contributed by atoms with Crippen molar-refractivity contribution in [2.75, 3.05) is 0 Å². The Kier molecular flexibility index (Phi) is 1.42. The highest BCUT2D eigenvalue weighted by Gasteiger charge is 2.34. The predicted octanol–water partition coefficient (Wildman–Crippen LogP) is 1.78. The fourth-order valence-electron chi connectivity index (χ4n) is 3.43. The van der Waals surface area contributed by atoms with Gasteiger partial charge in [-0.3, -0.25) is 14.1 Å². The van der Waals surface area contributed by atoms with Crippen LogP contribution in [0.15, 0.2) is 36.8 Å². The van der Waals surface area contributed by atoms with Gasteiger partial charge in [0.1, 0.15) is 11.0 Å². The second-order valence-electron chi connectivity index (χ2n) is 5.38. The quantitative estimate of drug-likeness (QED) is 0.405. The van der Waals surface area contributed by atoms with Crippen LogP contribution in [0.2, 0.25) is 0 Å². The monoisotopic (exact) mass is 279 g/mol. The first-order valence-electron chi connectivity index (χ1n) is 8.30. The summed E-state index contributed by atoms with van der Waals surface area (Å²) in [6, 6.07) is 5.71. The lowest BCUT2D eigenvalue weighted by atomic mass is 10.2. The van der Waals surface area contributed by atoms with Crippen LogP contribution < -0.4 is 4.57 Å². The van der Waals surface area contributed by atoms with Crippen LogP contribution in [0.25, 0.3) is 33.6 Å². The van der Waals surface area contributed by atoms with E-state index < -0.39 is 6.98 Å². The fraction of sp³-hybridized carbons (Fsp3) is 0.188. The summed E-state index contributed by atoms with van der Waals surface area (Å²) in [6.45, 7) is -1.68. The average molecular weight is 279 g/mol. The molecule has 5 heteroatoms. The van der Waals surface area contributed by atoms with Gasteiger partial charge in [-0.05, 0) is 18.2 Å². The van der Waals surface area contributed by atoms with Gasteiger partial charge in [0.25, 0.3) is 5.65 Å². The van der Waals surface area contributed by atoms with Crippen LogP contribution in [0.4, 0.5) is 0 Å². The van der Waals surface area contributed by atoms with Crippen molar-refractivity contribution < 1.29 is 8.68 Å². The Morgan fingerprint density at radius 1 is 1.29 bits per heavy atom.